The van der Waals surface area contributed by atoms with E-state index in [2.05, 4.69) is 52.2 Å². The first-order chi connectivity index (χ1) is 11.6. The summed E-state index contributed by atoms with van der Waals surface area (Å²) in [6, 6.07) is 8.67. The van der Waals surface area contributed by atoms with Crippen LogP contribution in [-0.2, 0) is 6.42 Å². The lowest BCUT2D eigenvalue weighted by atomic mass is 10.0. The van der Waals surface area contributed by atoms with E-state index in [1.54, 1.807) is 11.3 Å². The zero-order valence-corrected chi connectivity index (χ0v) is 14.9. The van der Waals surface area contributed by atoms with Crippen molar-refractivity contribution in [3.05, 3.63) is 51.5 Å². The second-order valence-corrected chi connectivity index (χ2v) is 7.97. The number of hydrogen-bond donors (Lipinski definition) is 2. The first-order valence-electron chi connectivity index (χ1n) is 8.65. The summed E-state index contributed by atoms with van der Waals surface area (Å²) in [4.78, 5) is 16.5. The van der Waals surface area contributed by atoms with Gasteiger partial charge < -0.3 is 10.6 Å². The molecule has 4 unspecified atom stereocenters. The molecule has 2 N–H and O–H groups in total. The topological polar surface area (TPSA) is 54.0 Å². The summed E-state index contributed by atoms with van der Waals surface area (Å²) in [5.41, 5.74) is 4.05. The predicted octanol–water partition coefficient (Wildman–Crippen LogP) is 3.44. The third-order valence-corrected chi connectivity index (χ3v) is 6.52. The molecule has 1 heterocycles. The van der Waals surface area contributed by atoms with Crippen molar-refractivity contribution < 1.29 is 4.79 Å². The van der Waals surface area contributed by atoms with Gasteiger partial charge >= 0.3 is 6.03 Å². The van der Waals surface area contributed by atoms with Crippen LogP contribution in [0.4, 0.5) is 4.79 Å². The Hall–Kier alpha value is -1.88. The Morgan fingerprint density at radius 1 is 1.38 bits per heavy atom. The van der Waals surface area contributed by atoms with Crippen LogP contribution >= 0.6 is 11.3 Å². The number of nitrogens with one attached hydrogen (secondary N) is 2. The van der Waals surface area contributed by atoms with Crippen LogP contribution in [0.3, 0.4) is 0 Å². The van der Waals surface area contributed by atoms with Gasteiger partial charge in [0.05, 0.1) is 5.01 Å². The number of urea groups is 1. The van der Waals surface area contributed by atoms with Crippen molar-refractivity contribution in [2.24, 2.45) is 11.8 Å². The molecule has 2 aliphatic rings. The molecule has 2 aliphatic carbocycles. The average Bonchev–Trinajstić information content (AvgIpc) is 2.92. The minimum atomic E-state index is -0.0617. The van der Waals surface area contributed by atoms with Crippen molar-refractivity contribution in [3.63, 3.8) is 0 Å². The zero-order valence-electron chi connectivity index (χ0n) is 14.1. The fourth-order valence-corrected chi connectivity index (χ4v) is 4.82. The number of hydrogen-bond acceptors (Lipinski definition) is 3. The fourth-order valence-electron chi connectivity index (χ4n) is 3.97. The van der Waals surface area contributed by atoms with Crippen LogP contribution in [0.15, 0.2) is 29.6 Å². The van der Waals surface area contributed by atoms with Crippen LogP contribution in [-0.4, -0.2) is 24.1 Å². The maximum absolute atomic E-state index is 12.0. The van der Waals surface area contributed by atoms with E-state index >= 15 is 0 Å². The molecule has 1 aromatic heterocycles. The Morgan fingerprint density at radius 3 is 3.00 bits per heavy atom. The van der Waals surface area contributed by atoms with Crippen molar-refractivity contribution >= 4 is 17.4 Å². The molecule has 0 bridgehead atoms. The number of rotatable bonds is 5. The Kier molecular flexibility index (Phi) is 4.04. The lowest BCUT2D eigenvalue weighted by molar-refractivity contribution is 0.239. The molecule has 4 rings (SSSR count). The smallest absolute Gasteiger partial charge is 0.314 e. The molecule has 0 spiro atoms. The molecule has 0 radical (unpaired) electrons. The standard InChI is InChI=1S/C19H23N3OS/c1-11(18-22-12(2)10-24-18)8-20-19(23)21-9-16-15-7-13-5-3-4-6-14(13)17(15)16/h3-6,10-11,15-17H,7-9H2,1-2H3,(H2,20,21,23). The van der Waals surface area contributed by atoms with Gasteiger partial charge in [-0.1, -0.05) is 31.2 Å². The van der Waals surface area contributed by atoms with Gasteiger partial charge in [-0.2, -0.15) is 0 Å². The third-order valence-electron chi connectivity index (χ3n) is 5.33. The monoisotopic (exact) mass is 341 g/mol. The van der Waals surface area contributed by atoms with Gasteiger partial charge in [-0.05, 0) is 42.2 Å². The van der Waals surface area contributed by atoms with Crippen LogP contribution in [0.25, 0.3) is 0 Å². The summed E-state index contributed by atoms with van der Waals surface area (Å²) in [5, 5.41) is 9.16. The highest BCUT2D eigenvalue weighted by Crippen LogP contribution is 2.60. The van der Waals surface area contributed by atoms with Gasteiger partial charge in [0.2, 0.25) is 0 Å². The fraction of sp³-hybridized carbons (Fsp3) is 0.474. The van der Waals surface area contributed by atoms with Crippen molar-refractivity contribution in [1.29, 1.82) is 0 Å². The van der Waals surface area contributed by atoms with E-state index in [1.807, 2.05) is 6.92 Å². The SMILES string of the molecule is Cc1csc(C(C)CNC(=O)NCC2C3Cc4ccccc4C23)n1. The summed E-state index contributed by atoms with van der Waals surface area (Å²) in [6.45, 7) is 5.50. The molecule has 0 saturated heterocycles. The highest BCUT2D eigenvalue weighted by atomic mass is 32.1. The molecule has 4 atom stereocenters. The molecule has 0 aliphatic heterocycles. The van der Waals surface area contributed by atoms with Crippen LogP contribution in [0.2, 0.25) is 0 Å². The Labute approximate surface area is 146 Å². The number of fused-ring (bicyclic) bond motifs is 3. The van der Waals surface area contributed by atoms with Crippen molar-refractivity contribution in [2.45, 2.75) is 32.1 Å². The molecule has 1 fully saturated rings. The Bertz CT molecular complexity index is 757. The summed E-state index contributed by atoms with van der Waals surface area (Å²) in [6.07, 6.45) is 1.18. The summed E-state index contributed by atoms with van der Waals surface area (Å²) < 4.78 is 0. The molecule has 2 amide bonds. The first kappa shape index (κ1) is 15.6. The van der Waals surface area contributed by atoms with E-state index in [9.17, 15) is 4.79 Å². The summed E-state index contributed by atoms with van der Waals surface area (Å²) >= 11 is 1.66. The lowest BCUT2D eigenvalue weighted by Gasteiger charge is -2.12. The number of nitrogens with zero attached hydrogens (tertiary/aromatic N) is 1. The van der Waals surface area contributed by atoms with E-state index in [1.165, 1.54) is 17.5 Å². The third kappa shape index (κ3) is 2.93. The second kappa shape index (κ2) is 6.20. The molecular weight excluding hydrogens is 318 g/mol. The average molecular weight is 341 g/mol. The van der Waals surface area contributed by atoms with E-state index in [0.29, 0.717) is 18.4 Å². The van der Waals surface area contributed by atoms with Crippen LogP contribution < -0.4 is 10.6 Å². The minimum Gasteiger partial charge on any atom is -0.338 e. The minimum absolute atomic E-state index is 0.0617. The largest absolute Gasteiger partial charge is 0.338 e. The maximum Gasteiger partial charge on any atom is 0.314 e. The number of amides is 2. The van der Waals surface area contributed by atoms with Gasteiger partial charge in [0, 0.05) is 30.1 Å². The molecule has 1 saturated carbocycles. The van der Waals surface area contributed by atoms with Crippen molar-refractivity contribution in [3.8, 4) is 0 Å². The molecule has 1 aromatic carbocycles. The molecule has 2 aromatic rings. The number of benzene rings is 1. The van der Waals surface area contributed by atoms with Crippen molar-refractivity contribution in [2.75, 3.05) is 13.1 Å². The van der Waals surface area contributed by atoms with Gasteiger partial charge in [-0.15, -0.1) is 11.3 Å². The Balaban J connectivity index is 1.21. The van der Waals surface area contributed by atoms with E-state index in [0.717, 1.165) is 23.2 Å². The van der Waals surface area contributed by atoms with Crippen LogP contribution in [0.5, 0.6) is 0 Å². The second-order valence-electron chi connectivity index (χ2n) is 7.08. The highest BCUT2D eigenvalue weighted by molar-refractivity contribution is 7.09. The number of aryl methyl sites for hydroxylation is 1. The van der Waals surface area contributed by atoms with E-state index < -0.39 is 0 Å². The number of carbonyl (C=O) groups is 1. The summed E-state index contributed by atoms with van der Waals surface area (Å²) in [7, 11) is 0. The maximum atomic E-state index is 12.0. The lowest BCUT2D eigenvalue weighted by Crippen LogP contribution is -2.38. The van der Waals surface area contributed by atoms with Gasteiger partial charge in [0.25, 0.3) is 0 Å². The van der Waals surface area contributed by atoms with Crippen LogP contribution in [0.1, 0.15) is 40.6 Å². The van der Waals surface area contributed by atoms with Crippen molar-refractivity contribution in [1.82, 2.24) is 15.6 Å². The number of carbonyl (C=O) groups excluding carboxylic acids is 1. The van der Waals surface area contributed by atoms with Gasteiger partial charge in [0.15, 0.2) is 0 Å². The normalized spacial score (nSPS) is 24.8. The van der Waals surface area contributed by atoms with E-state index in [4.69, 9.17) is 0 Å². The molecule has 126 valence electrons. The predicted molar refractivity (Wildman–Crippen MR) is 96.5 cm³/mol. The van der Waals surface area contributed by atoms with Gasteiger partial charge in [-0.3, -0.25) is 0 Å². The quantitative estimate of drug-likeness (QED) is 0.875. The van der Waals surface area contributed by atoms with Crippen LogP contribution in [0, 0.1) is 18.8 Å². The number of aromatic nitrogens is 1. The number of thiazole rings is 1. The highest BCUT2D eigenvalue weighted by Gasteiger charge is 2.54. The molecule has 5 heteroatoms. The Morgan fingerprint density at radius 2 is 2.21 bits per heavy atom. The molecule has 4 nitrogen and oxygen atoms in total. The van der Waals surface area contributed by atoms with E-state index in [-0.39, 0.29) is 11.9 Å². The first-order valence-corrected chi connectivity index (χ1v) is 9.53. The molecular formula is C19H23N3OS. The summed E-state index contributed by atoms with van der Waals surface area (Å²) in [5.74, 6) is 2.27. The zero-order chi connectivity index (χ0) is 16.7. The molecule has 24 heavy (non-hydrogen) atoms. The van der Waals surface area contributed by atoms with Gasteiger partial charge in [-0.25, -0.2) is 9.78 Å². The van der Waals surface area contributed by atoms with Gasteiger partial charge in [0.1, 0.15) is 0 Å².